The van der Waals surface area contributed by atoms with Crippen LogP contribution in [0.15, 0.2) is 34.6 Å². The first kappa shape index (κ1) is 10.6. The van der Waals surface area contributed by atoms with E-state index in [9.17, 15) is 18.0 Å². The number of nitrogens with zero attached hydrogens (tertiary/aromatic N) is 3. The zero-order valence-corrected chi connectivity index (χ0v) is 7.90. The Labute approximate surface area is 88.4 Å². The summed E-state index contributed by atoms with van der Waals surface area (Å²) in [7, 11) is 0. The predicted octanol–water partition coefficient (Wildman–Crippen LogP) is 2.59. The summed E-state index contributed by atoms with van der Waals surface area (Å²) >= 11 is 0. The molecule has 16 heavy (non-hydrogen) atoms. The monoisotopic (exact) mass is 229 g/mol. The van der Waals surface area contributed by atoms with Crippen molar-refractivity contribution in [1.82, 2.24) is 5.01 Å². The van der Waals surface area contributed by atoms with E-state index in [1.165, 1.54) is 0 Å². The van der Waals surface area contributed by atoms with E-state index in [0.29, 0.717) is 16.3 Å². The number of amides is 1. The first-order chi connectivity index (χ1) is 7.48. The number of halogens is 3. The topological polar surface area (TPSA) is 45.0 Å². The van der Waals surface area contributed by atoms with Gasteiger partial charge in [-0.2, -0.15) is 13.2 Å². The molecule has 1 heterocycles. The molecule has 2 rings (SSSR count). The van der Waals surface area contributed by atoms with Crippen molar-refractivity contribution in [3.63, 3.8) is 0 Å². The minimum Gasteiger partial charge on any atom is -0.262 e. The molecule has 0 unspecified atom stereocenters. The SMILES string of the molecule is O=C(N1Cc2ccccc2N=N1)C(F)(F)F. The summed E-state index contributed by atoms with van der Waals surface area (Å²) in [4.78, 5) is 10.9. The van der Waals surface area contributed by atoms with Crippen LogP contribution in [0.4, 0.5) is 18.9 Å². The van der Waals surface area contributed by atoms with Gasteiger partial charge in [0.05, 0.1) is 12.2 Å². The number of fused-ring (bicyclic) bond motifs is 1. The summed E-state index contributed by atoms with van der Waals surface area (Å²) in [6, 6.07) is 6.58. The Bertz CT molecular complexity index is 456. The van der Waals surface area contributed by atoms with Crippen molar-refractivity contribution in [2.45, 2.75) is 12.7 Å². The summed E-state index contributed by atoms with van der Waals surface area (Å²) in [6.07, 6.45) is -4.93. The van der Waals surface area contributed by atoms with Crippen LogP contribution in [0.2, 0.25) is 0 Å². The highest BCUT2D eigenvalue weighted by Crippen LogP contribution is 2.28. The van der Waals surface area contributed by atoms with Crippen molar-refractivity contribution in [3.05, 3.63) is 29.8 Å². The fourth-order valence-electron chi connectivity index (χ4n) is 1.30. The highest BCUT2D eigenvalue weighted by molar-refractivity contribution is 5.81. The number of benzene rings is 1. The Kier molecular flexibility index (Phi) is 2.37. The minimum absolute atomic E-state index is 0.210. The van der Waals surface area contributed by atoms with Crippen LogP contribution in [-0.4, -0.2) is 17.1 Å². The fraction of sp³-hybridized carbons (Fsp3) is 0.222. The lowest BCUT2D eigenvalue weighted by Crippen LogP contribution is -2.37. The molecule has 0 bridgehead atoms. The normalized spacial score (nSPS) is 14.8. The molecule has 0 atom stereocenters. The average Bonchev–Trinajstić information content (AvgIpc) is 2.26. The van der Waals surface area contributed by atoms with Crippen molar-refractivity contribution in [2.24, 2.45) is 10.3 Å². The predicted molar refractivity (Wildman–Crippen MR) is 47.6 cm³/mol. The van der Waals surface area contributed by atoms with E-state index < -0.39 is 12.1 Å². The Morgan fingerprint density at radius 3 is 2.69 bits per heavy atom. The lowest BCUT2D eigenvalue weighted by molar-refractivity contribution is -0.186. The second-order valence-electron chi connectivity index (χ2n) is 3.18. The lowest BCUT2D eigenvalue weighted by atomic mass is 10.1. The number of rotatable bonds is 0. The molecule has 1 amide bonds. The van der Waals surface area contributed by atoms with Gasteiger partial charge in [-0.05, 0) is 6.07 Å². The van der Waals surface area contributed by atoms with E-state index in [4.69, 9.17) is 0 Å². The van der Waals surface area contributed by atoms with E-state index in [1.54, 1.807) is 24.3 Å². The van der Waals surface area contributed by atoms with E-state index in [0.717, 1.165) is 0 Å². The maximum Gasteiger partial charge on any atom is 0.473 e. The fourth-order valence-corrected chi connectivity index (χ4v) is 1.30. The lowest BCUT2D eigenvalue weighted by Gasteiger charge is -2.21. The van der Waals surface area contributed by atoms with Gasteiger partial charge in [0.15, 0.2) is 0 Å². The van der Waals surface area contributed by atoms with Gasteiger partial charge in [0, 0.05) is 5.56 Å². The molecule has 1 aromatic carbocycles. The summed E-state index contributed by atoms with van der Waals surface area (Å²) < 4.78 is 36.4. The molecule has 7 heteroatoms. The Hall–Kier alpha value is -1.92. The summed E-state index contributed by atoms with van der Waals surface area (Å²) in [5.41, 5.74) is 1.02. The highest BCUT2D eigenvalue weighted by atomic mass is 19.4. The average molecular weight is 229 g/mol. The van der Waals surface area contributed by atoms with Gasteiger partial charge in [-0.1, -0.05) is 23.4 Å². The Morgan fingerprint density at radius 1 is 1.31 bits per heavy atom. The number of carbonyl (C=O) groups excluding carboxylic acids is 1. The Balaban J connectivity index is 2.24. The van der Waals surface area contributed by atoms with Crippen molar-refractivity contribution in [3.8, 4) is 0 Å². The van der Waals surface area contributed by atoms with Crippen LogP contribution in [-0.2, 0) is 11.3 Å². The molecule has 4 nitrogen and oxygen atoms in total. The third-order valence-corrected chi connectivity index (χ3v) is 2.05. The van der Waals surface area contributed by atoms with Crippen LogP contribution in [0.25, 0.3) is 0 Å². The van der Waals surface area contributed by atoms with Gasteiger partial charge < -0.3 is 0 Å². The van der Waals surface area contributed by atoms with E-state index in [2.05, 4.69) is 10.3 Å². The third kappa shape index (κ3) is 1.88. The van der Waals surface area contributed by atoms with E-state index in [-0.39, 0.29) is 6.54 Å². The van der Waals surface area contributed by atoms with Crippen LogP contribution >= 0.6 is 0 Å². The molecule has 0 spiro atoms. The zero-order chi connectivity index (χ0) is 11.8. The highest BCUT2D eigenvalue weighted by Gasteiger charge is 2.43. The second kappa shape index (κ2) is 3.58. The van der Waals surface area contributed by atoms with Gasteiger partial charge in [-0.25, -0.2) is 5.01 Å². The molecule has 1 aromatic rings. The third-order valence-electron chi connectivity index (χ3n) is 2.05. The molecule has 84 valence electrons. The quantitative estimate of drug-likeness (QED) is 0.674. The number of hydrogen-bond acceptors (Lipinski definition) is 3. The molecular weight excluding hydrogens is 223 g/mol. The molecule has 0 saturated heterocycles. The van der Waals surface area contributed by atoms with Gasteiger partial charge in [0.2, 0.25) is 0 Å². The molecule has 0 aliphatic carbocycles. The van der Waals surface area contributed by atoms with Gasteiger partial charge in [-0.15, -0.1) is 5.11 Å². The van der Waals surface area contributed by atoms with Crippen LogP contribution < -0.4 is 0 Å². The molecule has 0 radical (unpaired) electrons. The van der Waals surface area contributed by atoms with Gasteiger partial charge in [0.1, 0.15) is 0 Å². The standard InChI is InChI=1S/C9H6F3N3O/c10-9(11,12)8(16)15-5-6-3-1-2-4-7(6)13-14-15/h1-4H,5H2. The van der Waals surface area contributed by atoms with Crippen molar-refractivity contribution >= 4 is 11.6 Å². The number of alkyl halides is 3. The molecule has 0 fully saturated rings. The number of hydrogen-bond donors (Lipinski definition) is 0. The Morgan fingerprint density at radius 2 is 2.00 bits per heavy atom. The molecule has 1 aliphatic rings. The van der Waals surface area contributed by atoms with Crippen LogP contribution in [0.3, 0.4) is 0 Å². The largest absolute Gasteiger partial charge is 0.473 e. The molecule has 1 aliphatic heterocycles. The van der Waals surface area contributed by atoms with Crippen LogP contribution in [0, 0.1) is 0 Å². The van der Waals surface area contributed by atoms with Gasteiger partial charge >= 0.3 is 12.1 Å². The minimum atomic E-state index is -4.93. The summed E-state index contributed by atoms with van der Waals surface area (Å²) in [5.74, 6) is -2.01. The van der Waals surface area contributed by atoms with Gasteiger partial charge in [0.25, 0.3) is 0 Å². The first-order valence-electron chi connectivity index (χ1n) is 4.37. The van der Waals surface area contributed by atoms with Crippen molar-refractivity contribution < 1.29 is 18.0 Å². The smallest absolute Gasteiger partial charge is 0.262 e. The molecule has 0 N–H and O–H groups in total. The summed E-state index contributed by atoms with van der Waals surface area (Å²) in [5, 5.41) is 7.07. The molecular formula is C9H6F3N3O. The maximum absolute atomic E-state index is 12.1. The van der Waals surface area contributed by atoms with Crippen molar-refractivity contribution in [1.29, 1.82) is 0 Å². The second-order valence-corrected chi connectivity index (χ2v) is 3.18. The van der Waals surface area contributed by atoms with Crippen molar-refractivity contribution in [2.75, 3.05) is 0 Å². The maximum atomic E-state index is 12.1. The van der Waals surface area contributed by atoms with Gasteiger partial charge in [-0.3, -0.25) is 4.79 Å². The van der Waals surface area contributed by atoms with Crippen LogP contribution in [0.1, 0.15) is 5.56 Å². The molecule has 0 saturated carbocycles. The van der Waals surface area contributed by atoms with E-state index in [1.807, 2.05) is 0 Å². The van der Waals surface area contributed by atoms with Crippen LogP contribution in [0.5, 0.6) is 0 Å². The zero-order valence-electron chi connectivity index (χ0n) is 7.90. The summed E-state index contributed by atoms with van der Waals surface area (Å²) in [6.45, 7) is -0.210. The first-order valence-corrected chi connectivity index (χ1v) is 4.37. The molecule has 0 aromatic heterocycles. The number of carbonyl (C=O) groups is 1. The van der Waals surface area contributed by atoms with E-state index >= 15 is 0 Å².